The second-order valence-electron chi connectivity index (χ2n) is 9.73. The fourth-order valence-corrected chi connectivity index (χ4v) is 5.11. The lowest BCUT2D eigenvalue weighted by atomic mass is 9.95. The van der Waals surface area contributed by atoms with Crippen molar-refractivity contribution in [2.75, 3.05) is 13.7 Å². The fraction of sp³-hybridized carbons (Fsp3) is 0.290. The molecule has 0 saturated carbocycles. The van der Waals surface area contributed by atoms with E-state index in [1.807, 2.05) is 24.3 Å². The zero-order valence-electron chi connectivity index (χ0n) is 22.8. The highest BCUT2D eigenvalue weighted by Gasteiger charge is 2.47. The molecule has 0 spiro atoms. The Morgan fingerprint density at radius 2 is 1.93 bits per heavy atom. The van der Waals surface area contributed by atoms with Gasteiger partial charge in [-0.3, -0.25) is 19.0 Å². The molecule has 9 nitrogen and oxygen atoms in total. The number of imidazole rings is 1. The van der Waals surface area contributed by atoms with Gasteiger partial charge in [-0.2, -0.15) is 0 Å². The average molecular weight is 541 g/mol. The minimum absolute atomic E-state index is 0.0127. The van der Waals surface area contributed by atoms with Crippen molar-refractivity contribution in [2.45, 2.75) is 45.7 Å². The van der Waals surface area contributed by atoms with Crippen LogP contribution in [0.25, 0.3) is 11.4 Å². The number of methoxy groups -OCH3 is 1. The Hall–Kier alpha value is -4.66. The highest BCUT2D eigenvalue weighted by Crippen LogP contribution is 2.43. The zero-order valence-corrected chi connectivity index (χ0v) is 22.8. The molecule has 4 aromatic rings. The number of aliphatic hydroxyl groups is 1. The number of carbonyl (C=O) groups is 2. The quantitative estimate of drug-likeness (QED) is 0.127. The summed E-state index contributed by atoms with van der Waals surface area (Å²) in [6.45, 7) is 4.57. The maximum absolute atomic E-state index is 13.6. The number of pyridine rings is 2. The smallest absolute Gasteiger partial charge is 0.295 e. The van der Waals surface area contributed by atoms with Gasteiger partial charge in [0.1, 0.15) is 11.3 Å². The van der Waals surface area contributed by atoms with Crippen molar-refractivity contribution in [1.82, 2.24) is 19.3 Å². The summed E-state index contributed by atoms with van der Waals surface area (Å²) in [5.74, 6) is -0.709. The highest BCUT2D eigenvalue weighted by atomic mass is 16.5. The number of carbonyl (C=O) groups excluding carboxylic acids is 2. The molecular weight excluding hydrogens is 508 g/mol. The van der Waals surface area contributed by atoms with Crippen molar-refractivity contribution in [3.05, 3.63) is 95.2 Å². The molecule has 1 aromatic carbocycles. The third kappa shape index (κ3) is 5.02. The maximum Gasteiger partial charge on any atom is 0.295 e. The number of amides is 1. The second-order valence-corrected chi connectivity index (χ2v) is 9.73. The Kier molecular flexibility index (Phi) is 7.82. The van der Waals surface area contributed by atoms with Gasteiger partial charge in [0.2, 0.25) is 0 Å². The van der Waals surface area contributed by atoms with Gasteiger partial charge in [-0.25, -0.2) is 4.98 Å². The van der Waals surface area contributed by atoms with Crippen molar-refractivity contribution >= 4 is 23.1 Å². The molecular formula is C31H32N4O5. The number of fused-ring (bicyclic) bond motifs is 1. The van der Waals surface area contributed by atoms with E-state index in [0.29, 0.717) is 40.7 Å². The van der Waals surface area contributed by atoms with Gasteiger partial charge >= 0.3 is 0 Å². The van der Waals surface area contributed by atoms with Crippen molar-refractivity contribution < 1.29 is 24.2 Å². The SMILES string of the molecule is CCCCCOc1ccc(C2/C(=C(\O)c3c(C)nc4ccccn34)C(=O)C(=O)N2Cc2cccnc2)cc1OC. The van der Waals surface area contributed by atoms with E-state index in [1.165, 1.54) is 4.90 Å². The number of hydrogen-bond acceptors (Lipinski definition) is 7. The van der Waals surface area contributed by atoms with Gasteiger partial charge in [0.25, 0.3) is 11.7 Å². The molecule has 1 aliphatic heterocycles. The molecule has 1 aliphatic rings. The molecule has 1 fully saturated rings. The van der Waals surface area contributed by atoms with E-state index < -0.39 is 17.7 Å². The van der Waals surface area contributed by atoms with Crippen molar-refractivity contribution in [1.29, 1.82) is 0 Å². The third-order valence-electron chi connectivity index (χ3n) is 7.05. The molecule has 1 atom stereocenters. The number of likely N-dealkylation sites (tertiary alicyclic amines) is 1. The topological polar surface area (TPSA) is 106 Å². The van der Waals surface area contributed by atoms with E-state index in [2.05, 4.69) is 16.9 Å². The Bertz CT molecular complexity index is 1580. The van der Waals surface area contributed by atoms with Crippen LogP contribution in [0.5, 0.6) is 11.5 Å². The standard InChI is InChI=1S/C31H32N4O5/c1-4-5-8-16-40-23-13-12-22(17-24(23)39-3)28-26(29(36)27-20(2)33-25-11-6-7-15-34(25)27)30(37)31(38)35(28)19-21-10-9-14-32-18-21/h6-7,9-15,17-18,28,36H,4-5,8,16,19H2,1-3H3/b29-26+. The molecule has 1 N–H and O–H groups in total. The number of rotatable bonds is 10. The molecule has 0 radical (unpaired) electrons. The molecule has 1 amide bonds. The van der Waals surface area contributed by atoms with E-state index in [9.17, 15) is 14.7 Å². The first-order valence-electron chi connectivity index (χ1n) is 13.4. The zero-order chi connectivity index (χ0) is 28.2. The Morgan fingerprint density at radius 1 is 1.07 bits per heavy atom. The Labute approximate surface area is 232 Å². The first-order valence-corrected chi connectivity index (χ1v) is 13.4. The lowest BCUT2D eigenvalue weighted by Gasteiger charge is -2.26. The van der Waals surface area contributed by atoms with E-state index in [0.717, 1.165) is 24.8 Å². The minimum atomic E-state index is -0.878. The lowest BCUT2D eigenvalue weighted by molar-refractivity contribution is -0.140. The lowest BCUT2D eigenvalue weighted by Crippen LogP contribution is -2.29. The summed E-state index contributed by atoms with van der Waals surface area (Å²) in [6, 6.07) is 13.6. The van der Waals surface area contributed by atoms with Gasteiger partial charge in [-0.1, -0.05) is 38.0 Å². The summed E-state index contributed by atoms with van der Waals surface area (Å²) in [5.41, 5.74) is 2.87. The van der Waals surface area contributed by atoms with Gasteiger partial charge in [-0.05, 0) is 54.8 Å². The van der Waals surface area contributed by atoms with Crippen molar-refractivity contribution in [3.63, 3.8) is 0 Å². The van der Waals surface area contributed by atoms with Crippen LogP contribution >= 0.6 is 0 Å². The number of unbranched alkanes of at least 4 members (excludes halogenated alkanes) is 2. The summed E-state index contributed by atoms with van der Waals surface area (Å²) in [4.78, 5) is 37.2. The van der Waals surface area contributed by atoms with Crippen LogP contribution in [0.1, 0.15) is 54.7 Å². The van der Waals surface area contributed by atoms with E-state index in [4.69, 9.17) is 9.47 Å². The third-order valence-corrected chi connectivity index (χ3v) is 7.05. The number of nitrogens with zero attached hydrogens (tertiary/aromatic N) is 4. The fourth-order valence-electron chi connectivity index (χ4n) is 5.11. The van der Waals surface area contributed by atoms with E-state index in [1.54, 1.807) is 61.3 Å². The van der Waals surface area contributed by atoms with Crippen LogP contribution in [-0.2, 0) is 16.1 Å². The second kappa shape index (κ2) is 11.6. The number of aromatic nitrogens is 3. The van der Waals surface area contributed by atoms with Gasteiger partial charge in [0, 0.05) is 25.1 Å². The average Bonchev–Trinajstić information content (AvgIpc) is 3.44. The predicted octanol–water partition coefficient (Wildman–Crippen LogP) is 5.24. The van der Waals surface area contributed by atoms with Crippen LogP contribution in [-0.4, -0.2) is 49.8 Å². The minimum Gasteiger partial charge on any atom is -0.505 e. The molecule has 0 bridgehead atoms. The van der Waals surface area contributed by atoms with E-state index in [-0.39, 0.29) is 17.9 Å². The normalized spacial score (nSPS) is 16.6. The molecule has 4 heterocycles. The number of aryl methyl sites for hydroxylation is 1. The molecule has 1 saturated heterocycles. The summed E-state index contributed by atoms with van der Waals surface area (Å²) in [6.07, 6.45) is 8.13. The molecule has 206 valence electrons. The number of aliphatic hydroxyl groups excluding tert-OH is 1. The molecule has 3 aromatic heterocycles. The largest absolute Gasteiger partial charge is 0.505 e. The van der Waals surface area contributed by atoms with Crippen LogP contribution in [0, 0.1) is 6.92 Å². The first-order chi connectivity index (χ1) is 19.4. The monoisotopic (exact) mass is 540 g/mol. The van der Waals surface area contributed by atoms with Crippen LogP contribution in [0.4, 0.5) is 0 Å². The van der Waals surface area contributed by atoms with Gasteiger partial charge in [-0.15, -0.1) is 0 Å². The number of ether oxygens (including phenoxy) is 2. The number of Topliss-reactive ketones (excluding diaryl/α,β-unsaturated/α-hetero) is 1. The Morgan fingerprint density at radius 3 is 2.67 bits per heavy atom. The van der Waals surface area contributed by atoms with Gasteiger partial charge in [0.05, 0.1) is 31.0 Å². The van der Waals surface area contributed by atoms with E-state index >= 15 is 0 Å². The molecule has 0 aliphatic carbocycles. The molecule has 9 heteroatoms. The number of benzene rings is 1. The van der Waals surface area contributed by atoms with Crippen LogP contribution in [0.3, 0.4) is 0 Å². The summed E-state index contributed by atoms with van der Waals surface area (Å²) in [7, 11) is 1.55. The number of hydrogen-bond donors (Lipinski definition) is 1. The number of ketones is 1. The maximum atomic E-state index is 13.6. The van der Waals surface area contributed by atoms with Crippen molar-refractivity contribution in [3.8, 4) is 11.5 Å². The molecule has 1 unspecified atom stereocenters. The van der Waals surface area contributed by atoms with Crippen LogP contribution < -0.4 is 9.47 Å². The predicted molar refractivity (Wildman–Crippen MR) is 150 cm³/mol. The van der Waals surface area contributed by atoms with Crippen molar-refractivity contribution in [2.24, 2.45) is 0 Å². The molecule has 5 rings (SSSR count). The highest BCUT2D eigenvalue weighted by molar-refractivity contribution is 6.46. The summed E-state index contributed by atoms with van der Waals surface area (Å²) in [5, 5.41) is 11.7. The first kappa shape index (κ1) is 26.9. The summed E-state index contributed by atoms with van der Waals surface area (Å²) < 4.78 is 13.3. The molecule has 40 heavy (non-hydrogen) atoms. The van der Waals surface area contributed by atoms with Gasteiger partial charge < -0.3 is 19.5 Å². The summed E-state index contributed by atoms with van der Waals surface area (Å²) >= 11 is 0. The van der Waals surface area contributed by atoms with Crippen LogP contribution in [0.2, 0.25) is 0 Å². The Balaban J connectivity index is 1.64. The van der Waals surface area contributed by atoms with Crippen LogP contribution in [0.15, 0.2) is 72.7 Å². The van der Waals surface area contributed by atoms with Gasteiger partial charge in [0.15, 0.2) is 17.3 Å².